The first-order chi connectivity index (χ1) is 16.0. The van der Waals surface area contributed by atoms with Gasteiger partial charge >= 0.3 is 0 Å². The van der Waals surface area contributed by atoms with E-state index in [0.29, 0.717) is 0 Å². The maximum Gasteiger partial charge on any atom is 0.187 e. The highest BCUT2D eigenvalue weighted by Gasteiger charge is 2.53. The first kappa shape index (κ1) is 27.9. The van der Waals surface area contributed by atoms with E-state index in [1.807, 2.05) is 0 Å². The van der Waals surface area contributed by atoms with Crippen molar-refractivity contribution in [1.82, 2.24) is 0 Å². The molecule has 3 rings (SSSR count). The van der Waals surface area contributed by atoms with E-state index in [1.54, 1.807) is 0 Å². The molecular weight excluding hydrogens is 472 g/mol. The van der Waals surface area contributed by atoms with E-state index in [2.05, 4.69) is 0 Å². The van der Waals surface area contributed by atoms with Gasteiger partial charge in [-0.25, -0.2) is 0 Å². The third-order valence-electron chi connectivity index (χ3n) is 6.09. The lowest BCUT2D eigenvalue weighted by molar-refractivity contribution is -0.378. The van der Waals surface area contributed by atoms with Gasteiger partial charge in [0.1, 0.15) is 73.2 Å². The second-order valence-electron chi connectivity index (χ2n) is 8.33. The van der Waals surface area contributed by atoms with Crippen molar-refractivity contribution < 1.29 is 79.9 Å². The molecule has 3 fully saturated rings. The summed E-state index contributed by atoms with van der Waals surface area (Å²) in [5.41, 5.74) is 0. The minimum Gasteiger partial charge on any atom is -0.394 e. The van der Waals surface area contributed by atoms with Gasteiger partial charge in [-0.15, -0.1) is 0 Å². The quantitative estimate of drug-likeness (QED) is 0.154. The van der Waals surface area contributed by atoms with Crippen molar-refractivity contribution in [2.75, 3.05) is 19.8 Å². The van der Waals surface area contributed by atoms with Gasteiger partial charge in [-0.2, -0.15) is 0 Å². The van der Waals surface area contributed by atoms with Gasteiger partial charge < -0.3 is 79.9 Å². The molecule has 3 aliphatic rings. The Balaban J connectivity index is 1.78. The molecule has 0 aromatic rings. The van der Waals surface area contributed by atoms with E-state index < -0.39 is 112 Å². The van der Waals surface area contributed by atoms with E-state index in [-0.39, 0.29) is 0 Å². The normalized spacial score (nSPS) is 52.5. The summed E-state index contributed by atoms with van der Waals surface area (Å²) in [6.07, 6.45) is -25.4. The summed E-state index contributed by atoms with van der Waals surface area (Å²) in [7, 11) is 0. The molecule has 2 unspecified atom stereocenters. The number of hydrogen-bond donors (Lipinski definition) is 11. The van der Waals surface area contributed by atoms with E-state index in [1.165, 1.54) is 0 Å². The Morgan fingerprint density at radius 2 is 0.941 bits per heavy atom. The molecule has 0 spiro atoms. The fourth-order valence-electron chi connectivity index (χ4n) is 4.05. The average Bonchev–Trinajstić information content (AvgIpc) is 2.83. The summed E-state index contributed by atoms with van der Waals surface area (Å²) in [5.74, 6) is 0. The molecule has 0 aromatic heterocycles. The van der Waals surface area contributed by atoms with Crippen molar-refractivity contribution in [2.24, 2.45) is 0 Å². The standard InChI is InChI=1S/C18H32O16/c19-1-4-7(22)9(24)12(27)17(31-4)34-15-8(23)5(2-20)32-18(13(15)28)33-14-6(3-21)30-16(29)11(26)10(14)25/h4-29H,1-3H2/t4-,5-,6-,7+,8+,9+,10-,11-,12-,13-,14?,15+,16?,17-,18+/m1/s1. The van der Waals surface area contributed by atoms with Crippen LogP contribution >= 0.6 is 0 Å². The smallest absolute Gasteiger partial charge is 0.187 e. The van der Waals surface area contributed by atoms with Crippen LogP contribution in [0.15, 0.2) is 0 Å². The van der Waals surface area contributed by atoms with Gasteiger partial charge in [0.15, 0.2) is 18.9 Å². The van der Waals surface area contributed by atoms with Crippen LogP contribution < -0.4 is 0 Å². The number of hydrogen-bond acceptors (Lipinski definition) is 16. The first-order valence-corrected chi connectivity index (χ1v) is 10.6. The topological polar surface area (TPSA) is 269 Å². The summed E-state index contributed by atoms with van der Waals surface area (Å²) in [5, 5.41) is 109. The van der Waals surface area contributed by atoms with Gasteiger partial charge in [0, 0.05) is 0 Å². The highest BCUT2D eigenvalue weighted by Crippen LogP contribution is 2.32. The van der Waals surface area contributed by atoms with E-state index in [4.69, 9.17) is 23.7 Å². The van der Waals surface area contributed by atoms with Crippen LogP contribution in [-0.4, -0.2) is 168 Å². The van der Waals surface area contributed by atoms with Gasteiger partial charge in [-0.3, -0.25) is 0 Å². The Hall–Kier alpha value is -0.640. The number of aliphatic hydroxyl groups excluding tert-OH is 11. The van der Waals surface area contributed by atoms with E-state index >= 15 is 0 Å². The van der Waals surface area contributed by atoms with Crippen LogP contribution in [-0.2, 0) is 23.7 Å². The lowest BCUT2D eigenvalue weighted by atomic mass is 9.96. The number of ether oxygens (including phenoxy) is 5. The predicted molar refractivity (Wildman–Crippen MR) is 101 cm³/mol. The molecule has 34 heavy (non-hydrogen) atoms. The zero-order valence-corrected chi connectivity index (χ0v) is 17.7. The Kier molecular flexibility index (Phi) is 9.54. The fourth-order valence-corrected chi connectivity index (χ4v) is 4.05. The summed E-state index contributed by atoms with van der Waals surface area (Å²) < 4.78 is 26.4. The van der Waals surface area contributed by atoms with Crippen molar-refractivity contribution >= 4 is 0 Å². The lowest BCUT2D eigenvalue weighted by Crippen LogP contribution is -2.66. The number of aliphatic hydroxyl groups is 11. The van der Waals surface area contributed by atoms with Crippen LogP contribution in [0.1, 0.15) is 0 Å². The molecular formula is C18H32O16. The molecule has 0 saturated carbocycles. The second kappa shape index (κ2) is 11.6. The summed E-state index contributed by atoms with van der Waals surface area (Å²) in [6.45, 7) is -2.34. The van der Waals surface area contributed by atoms with Crippen molar-refractivity contribution in [3.05, 3.63) is 0 Å². The van der Waals surface area contributed by atoms with Gasteiger partial charge in [0.05, 0.1) is 19.8 Å². The van der Waals surface area contributed by atoms with E-state index in [9.17, 15) is 56.2 Å². The zero-order chi connectivity index (χ0) is 25.3. The van der Waals surface area contributed by atoms with Gasteiger partial charge in [0.2, 0.25) is 0 Å². The van der Waals surface area contributed by atoms with Crippen LogP contribution in [0.2, 0.25) is 0 Å². The molecule has 3 aliphatic heterocycles. The highest BCUT2D eigenvalue weighted by molar-refractivity contribution is 4.96. The van der Waals surface area contributed by atoms with Crippen LogP contribution in [0.5, 0.6) is 0 Å². The molecule has 3 saturated heterocycles. The molecule has 0 aliphatic carbocycles. The molecule has 16 nitrogen and oxygen atoms in total. The Labute approximate surface area is 192 Å². The Morgan fingerprint density at radius 1 is 0.441 bits per heavy atom. The lowest BCUT2D eigenvalue weighted by Gasteiger charge is -2.47. The van der Waals surface area contributed by atoms with Crippen molar-refractivity contribution in [2.45, 2.75) is 92.1 Å². The minimum absolute atomic E-state index is 0.759. The molecule has 200 valence electrons. The van der Waals surface area contributed by atoms with Gasteiger partial charge in [-0.05, 0) is 0 Å². The molecule has 11 N–H and O–H groups in total. The summed E-state index contributed by atoms with van der Waals surface area (Å²) in [4.78, 5) is 0. The molecule has 3 heterocycles. The zero-order valence-electron chi connectivity index (χ0n) is 17.7. The average molecular weight is 504 g/mol. The molecule has 15 atom stereocenters. The van der Waals surface area contributed by atoms with E-state index in [0.717, 1.165) is 0 Å². The third-order valence-corrected chi connectivity index (χ3v) is 6.09. The predicted octanol–water partition coefficient (Wildman–Crippen LogP) is -7.57. The largest absolute Gasteiger partial charge is 0.394 e. The van der Waals surface area contributed by atoms with Gasteiger partial charge in [-0.1, -0.05) is 0 Å². The molecule has 0 bridgehead atoms. The monoisotopic (exact) mass is 504 g/mol. The Morgan fingerprint density at radius 3 is 1.50 bits per heavy atom. The maximum absolute atomic E-state index is 10.8. The second-order valence-corrected chi connectivity index (χ2v) is 8.33. The van der Waals surface area contributed by atoms with Crippen LogP contribution in [0, 0.1) is 0 Å². The Bertz CT molecular complexity index is 637. The summed E-state index contributed by atoms with van der Waals surface area (Å²) in [6, 6.07) is 0. The molecule has 0 amide bonds. The van der Waals surface area contributed by atoms with Crippen molar-refractivity contribution in [3.8, 4) is 0 Å². The highest BCUT2D eigenvalue weighted by atomic mass is 16.7. The summed E-state index contributed by atoms with van der Waals surface area (Å²) >= 11 is 0. The fraction of sp³-hybridized carbons (Fsp3) is 1.00. The molecule has 16 heteroatoms. The first-order valence-electron chi connectivity index (χ1n) is 10.6. The van der Waals surface area contributed by atoms with Crippen LogP contribution in [0.25, 0.3) is 0 Å². The molecule has 0 radical (unpaired) electrons. The van der Waals surface area contributed by atoms with Crippen LogP contribution in [0.4, 0.5) is 0 Å². The maximum atomic E-state index is 10.8. The van der Waals surface area contributed by atoms with Crippen molar-refractivity contribution in [3.63, 3.8) is 0 Å². The van der Waals surface area contributed by atoms with Crippen LogP contribution in [0.3, 0.4) is 0 Å². The third kappa shape index (κ3) is 5.37. The molecule has 0 aromatic carbocycles. The minimum atomic E-state index is -1.90. The van der Waals surface area contributed by atoms with Crippen molar-refractivity contribution in [1.29, 1.82) is 0 Å². The van der Waals surface area contributed by atoms with Gasteiger partial charge in [0.25, 0.3) is 0 Å². The number of rotatable bonds is 7. The SMILES string of the molecule is OC[C@H]1OC(O)[C@H](O)[C@@H](O)C1O[C@@H]1O[C@H](CO)[C@H](O)[C@H](O[C@H]2O[C@H](CO)[C@H](O)[C@H](O)[C@H]2O)[C@H]1O.